The van der Waals surface area contributed by atoms with Crippen molar-refractivity contribution >= 4 is 11.3 Å². The van der Waals surface area contributed by atoms with Gasteiger partial charge in [0, 0.05) is 0 Å². The number of allylic oxidation sites excluding steroid dienone is 1. The van der Waals surface area contributed by atoms with Gasteiger partial charge in [0.05, 0.1) is 25.3 Å². The molecule has 21 heavy (non-hydrogen) atoms. The molecule has 2 aromatic carbocycles. The van der Waals surface area contributed by atoms with Crippen LogP contribution < -0.4 is 4.74 Å². The number of methoxy groups -OCH3 is 1. The lowest BCUT2D eigenvalue weighted by Gasteiger charge is -2.06. The summed E-state index contributed by atoms with van der Waals surface area (Å²) in [4.78, 5) is 3.55. The molecule has 0 radical (unpaired) electrons. The molecule has 0 unspecified atom stereocenters. The molecular formula is C18H14N2O. The van der Waals surface area contributed by atoms with Gasteiger partial charge in [0.1, 0.15) is 5.75 Å². The first kappa shape index (κ1) is 14.4. The van der Waals surface area contributed by atoms with Crippen molar-refractivity contribution in [2.45, 2.75) is 6.92 Å². The maximum Gasteiger partial charge on any atom is 0.212 e. The Balaban J connectivity index is 2.56. The van der Waals surface area contributed by atoms with Crippen molar-refractivity contribution < 1.29 is 4.74 Å². The second-order valence-electron chi connectivity index (χ2n) is 4.54. The molecule has 0 N–H and O–H groups in total. The summed E-state index contributed by atoms with van der Waals surface area (Å²) in [6, 6.07) is 16.9. The molecule has 0 fully saturated rings. The summed E-state index contributed by atoms with van der Waals surface area (Å²) >= 11 is 0. The number of hydrogen-bond acceptors (Lipinski definition) is 2. The second-order valence-corrected chi connectivity index (χ2v) is 4.54. The van der Waals surface area contributed by atoms with Gasteiger partial charge < -0.3 is 4.74 Å². The van der Waals surface area contributed by atoms with E-state index >= 15 is 0 Å². The highest BCUT2D eigenvalue weighted by atomic mass is 16.5. The van der Waals surface area contributed by atoms with Crippen molar-refractivity contribution in [3.8, 4) is 11.8 Å². The van der Waals surface area contributed by atoms with E-state index in [2.05, 4.69) is 10.9 Å². The fourth-order valence-corrected chi connectivity index (χ4v) is 1.99. The SMILES string of the molecule is [C-]#[N+]/C(=C(/C#N)c1ccc(C)cc1)c1ccc(OC)cc1. The number of hydrogen-bond donors (Lipinski definition) is 0. The topological polar surface area (TPSA) is 37.4 Å². The fourth-order valence-electron chi connectivity index (χ4n) is 1.99. The van der Waals surface area contributed by atoms with Crippen LogP contribution in [0.4, 0.5) is 0 Å². The number of rotatable bonds is 3. The number of nitrogens with zero attached hydrogens (tertiary/aromatic N) is 2. The molecule has 0 aromatic heterocycles. The minimum atomic E-state index is 0.351. The quantitative estimate of drug-likeness (QED) is 0.475. The smallest absolute Gasteiger partial charge is 0.212 e. The highest BCUT2D eigenvalue weighted by Gasteiger charge is 2.12. The summed E-state index contributed by atoms with van der Waals surface area (Å²) in [6.07, 6.45) is 0. The molecule has 0 heterocycles. The van der Waals surface area contributed by atoms with Crippen LogP contribution in [0.2, 0.25) is 0 Å². The van der Waals surface area contributed by atoms with Crippen LogP contribution in [0.1, 0.15) is 16.7 Å². The van der Waals surface area contributed by atoms with Gasteiger partial charge in [0.25, 0.3) is 0 Å². The Morgan fingerprint density at radius 3 is 2.10 bits per heavy atom. The van der Waals surface area contributed by atoms with Crippen molar-refractivity contribution in [1.29, 1.82) is 5.26 Å². The van der Waals surface area contributed by atoms with Gasteiger partial charge in [-0.15, -0.1) is 0 Å². The van der Waals surface area contributed by atoms with Gasteiger partial charge in [0.15, 0.2) is 0 Å². The van der Waals surface area contributed by atoms with Crippen molar-refractivity contribution in [2.24, 2.45) is 0 Å². The Hall–Kier alpha value is -3.04. The summed E-state index contributed by atoms with van der Waals surface area (Å²) < 4.78 is 5.11. The van der Waals surface area contributed by atoms with Crippen molar-refractivity contribution in [3.05, 3.63) is 76.6 Å². The molecular weight excluding hydrogens is 260 g/mol. The Labute approximate surface area is 124 Å². The van der Waals surface area contributed by atoms with E-state index in [0.717, 1.165) is 16.9 Å². The molecule has 0 aliphatic rings. The molecule has 3 heteroatoms. The van der Waals surface area contributed by atoms with Gasteiger partial charge in [-0.25, -0.2) is 4.85 Å². The van der Waals surface area contributed by atoms with Crippen molar-refractivity contribution in [2.75, 3.05) is 7.11 Å². The van der Waals surface area contributed by atoms with Crippen LogP contribution in [0.5, 0.6) is 5.75 Å². The minimum absolute atomic E-state index is 0.351. The first-order chi connectivity index (χ1) is 10.2. The first-order valence-corrected chi connectivity index (χ1v) is 6.43. The van der Waals surface area contributed by atoms with Gasteiger partial charge in [0.2, 0.25) is 5.70 Å². The van der Waals surface area contributed by atoms with Gasteiger partial charge in [-0.3, -0.25) is 0 Å². The molecule has 2 aromatic rings. The Kier molecular flexibility index (Phi) is 4.39. The zero-order valence-electron chi connectivity index (χ0n) is 11.9. The number of aryl methyl sites for hydroxylation is 1. The molecule has 0 saturated carbocycles. The maximum absolute atomic E-state index is 9.44. The summed E-state index contributed by atoms with van der Waals surface area (Å²) in [7, 11) is 1.59. The zero-order valence-corrected chi connectivity index (χ0v) is 11.9. The van der Waals surface area contributed by atoms with E-state index in [4.69, 9.17) is 11.3 Å². The van der Waals surface area contributed by atoms with E-state index in [9.17, 15) is 5.26 Å². The van der Waals surface area contributed by atoms with E-state index < -0.39 is 0 Å². The van der Waals surface area contributed by atoms with E-state index in [1.807, 2.05) is 31.2 Å². The molecule has 0 amide bonds. The van der Waals surface area contributed by atoms with Crippen LogP contribution >= 0.6 is 0 Å². The van der Waals surface area contributed by atoms with Crippen LogP contribution in [0, 0.1) is 24.8 Å². The molecule has 3 nitrogen and oxygen atoms in total. The Bertz CT molecular complexity index is 742. The molecule has 0 saturated heterocycles. The largest absolute Gasteiger partial charge is 0.497 e. The van der Waals surface area contributed by atoms with Crippen LogP contribution in [0.15, 0.2) is 48.5 Å². The number of nitriles is 1. The van der Waals surface area contributed by atoms with Crippen molar-refractivity contribution in [1.82, 2.24) is 0 Å². The maximum atomic E-state index is 9.44. The molecule has 0 atom stereocenters. The lowest BCUT2D eigenvalue weighted by molar-refractivity contribution is 0.415. The van der Waals surface area contributed by atoms with E-state index in [1.165, 1.54) is 0 Å². The van der Waals surface area contributed by atoms with Crippen LogP contribution in [-0.4, -0.2) is 7.11 Å². The van der Waals surface area contributed by atoms with Crippen LogP contribution in [0.25, 0.3) is 16.1 Å². The average Bonchev–Trinajstić information content (AvgIpc) is 2.54. The molecule has 0 spiro atoms. The molecule has 0 aliphatic carbocycles. The lowest BCUT2D eigenvalue weighted by Crippen LogP contribution is -1.89. The first-order valence-electron chi connectivity index (χ1n) is 6.43. The average molecular weight is 274 g/mol. The second kappa shape index (κ2) is 6.41. The van der Waals surface area contributed by atoms with E-state index in [0.29, 0.717) is 16.8 Å². The Morgan fingerprint density at radius 1 is 1.05 bits per heavy atom. The third-order valence-corrected chi connectivity index (χ3v) is 3.16. The Morgan fingerprint density at radius 2 is 1.62 bits per heavy atom. The predicted molar refractivity (Wildman–Crippen MR) is 83.2 cm³/mol. The van der Waals surface area contributed by atoms with Gasteiger partial charge >= 0.3 is 0 Å². The van der Waals surface area contributed by atoms with Gasteiger partial charge in [-0.05, 0) is 30.2 Å². The molecule has 0 bridgehead atoms. The normalized spacial score (nSPS) is 11.0. The van der Waals surface area contributed by atoms with Crippen LogP contribution in [0.3, 0.4) is 0 Å². The molecule has 2 rings (SSSR count). The standard InChI is InChI=1S/C18H14N2O/c1-13-4-6-14(7-5-13)17(12-19)18(20-2)15-8-10-16(21-3)11-9-15/h4-11H,1,3H3/b18-17-. The third kappa shape index (κ3) is 3.11. The summed E-state index contributed by atoms with van der Waals surface area (Å²) in [5.41, 5.74) is 3.32. The number of benzene rings is 2. The van der Waals surface area contributed by atoms with Crippen molar-refractivity contribution in [3.63, 3.8) is 0 Å². The predicted octanol–water partition coefficient (Wildman–Crippen LogP) is 4.31. The monoisotopic (exact) mass is 274 g/mol. The van der Waals surface area contributed by atoms with Gasteiger partial charge in [-0.1, -0.05) is 42.0 Å². The van der Waals surface area contributed by atoms with Gasteiger partial charge in [-0.2, -0.15) is 5.26 Å². The third-order valence-electron chi connectivity index (χ3n) is 3.16. The summed E-state index contributed by atoms with van der Waals surface area (Å²) in [5.74, 6) is 0.719. The fraction of sp³-hybridized carbons (Fsp3) is 0.111. The zero-order chi connectivity index (χ0) is 15.2. The van der Waals surface area contributed by atoms with E-state index in [-0.39, 0.29) is 0 Å². The van der Waals surface area contributed by atoms with E-state index in [1.54, 1.807) is 31.4 Å². The highest BCUT2D eigenvalue weighted by Crippen LogP contribution is 2.28. The summed E-state index contributed by atoms with van der Waals surface area (Å²) in [5, 5.41) is 9.44. The van der Waals surface area contributed by atoms with Crippen LogP contribution in [-0.2, 0) is 0 Å². The highest BCUT2D eigenvalue weighted by molar-refractivity contribution is 5.99. The lowest BCUT2D eigenvalue weighted by atomic mass is 10.00. The molecule has 102 valence electrons. The number of ether oxygens (including phenoxy) is 1. The minimum Gasteiger partial charge on any atom is -0.497 e. The summed E-state index contributed by atoms with van der Waals surface area (Å²) in [6.45, 7) is 9.39. The molecule has 0 aliphatic heterocycles.